The van der Waals surface area contributed by atoms with Crippen LogP contribution >= 0.6 is 0 Å². The van der Waals surface area contributed by atoms with E-state index in [0.29, 0.717) is 19.3 Å². The Kier molecular flexibility index (Phi) is 6.09. The Labute approximate surface area is 92.2 Å². The van der Waals surface area contributed by atoms with Crippen molar-refractivity contribution in [2.24, 2.45) is 11.1 Å². The fraction of sp³-hybridized carbons (Fsp3) is 0.800. The van der Waals surface area contributed by atoms with E-state index in [4.69, 9.17) is 5.14 Å². The zero-order chi connectivity index (χ0) is 12.1. The van der Waals surface area contributed by atoms with E-state index in [-0.39, 0.29) is 5.92 Å². The summed E-state index contributed by atoms with van der Waals surface area (Å²) in [5.74, 6) is -0.160. The predicted molar refractivity (Wildman–Crippen MR) is 61.8 cm³/mol. The van der Waals surface area contributed by atoms with Crippen LogP contribution in [0, 0.1) is 5.92 Å². The number of hydrogen-bond acceptors (Lipinski definition) is 3. The van der Waals surface area contributed by atoms with Gasteiger partial charge in [0.1, 0.15) is 0 Å². The van der Waals surface area contributed by atoms with Crippen LogP contribution in [-0.2, 0) is 10.0 Å². The van der Waals surface area contributed by atoms with Gasteiger partial charge < -0.3 is 5.11 Å². The first-order valence-electron chi connectivity index (χ1n) is 5.13. The van der Waals surface area contributed by atoms with Gasteiger partial charge in [-0.1, -0.05) is 13.0 Å². The first kappa shape index (κ1) is 14.6. The first-order valence-corrected chi connectivity index (χ1v) is 6.74. The van der Waals surface area contributed by atoms with Crippen molar-refractivity contribution >= 4 is 10.0 Å². The van der Waals surface area contributed by atoms with E-state index >= 15 is 0 Å². The molecule has 0 aromatic carbocycles. The zero-order valence-corrected chi connectivity index (χ0v) is 10.2. The Hall–Kier alpha value is -0.390. The van der Waals surface area contributed by atoms with E-state index in [2.05, 4.69) is 6.58 Å². The SMILES string of the molecule is C=CC[C@H](C[C@H](O)CC)[C@@H](C)S(N)(=O)=O. The van der Waals surface area contributed by atoms with Crippen molar-refractivity contribution < 1.29 is 13.5 Å². The molecule has 0 saturated heterocycles. The highest BCUT2D eigenvalue weighted by Crippen LogP contribution is 2.21. The van der Waals surface area contributed by atoms with Crippen LogP contribution in [0.1, 0.15) is 33.1 Å². The number of rotatable bonds is 7. The van der Waals surface area contributed by atoms with Gasteiger partial charge in [0.15, 0.2) is 0 Å². The number of allylic oxidation sites excluding steroid dienone is 1. The smallest absolute Gasteiger partial charge is 0.211 e. The molecule has 0 rings (SSSR count). The molecule has 90 valence electrons. The normalized spacial score (nSPS) is 18.1. The Bertz CT molecular complexity index is 287. The van der Waals surface area contributed by atoms with Crippen molar-refractivity contribution in [1.82, 2.24) is 0 Å². The molecule has 0 bridgehead atoms. The lowest BCUT2D eigenvalue weighted by molar-refractivity contribution is 0.138. The van der Waals surface area contributed by atoms with Crippen molar-refractivity contribution in [1.29, 1.82) is 0 Å². The summed E-state index contributed by atoms with van der Waals surface area (Å²) < 4.78 is 22.4. The molecule has 0 radical (unpaired) electrons. The summed E-state index contributed by atoms with van der Waals surface area (Å²) in [6.45, 7) is 7.01. The van der Waals surface area contributed by atoms with E-state index in [1.165, 1.54) is 0 Å². The molecular weight excluding hydrogens is 214 g/mol. The largest absolute Gasteiger partial charge is 0.393 e. The van der Waals surface area contributed by atoms with Crippen LogP contribution in [0.25, 0.3) is 0 Å². The van der Waals surface area contributed by atoms with Crippen LogP contribution in [0.15, 0.2) is 12.7 Å². The van der Waals surface area contributed by atoms with Gasteiger partial charge in [0.25, 0.3) is 0 Å². The number of primary sulfonamides is 1. The highest BCUT2D eigenvalue weighted by Gasteiger charge is 2.27. The van der Waals surface area contributed by atoms with Gasteiger partial charge in [-0.3, -0.25) is 0 Å². The summed E-state index contributed by atoms with van der Waals surface area (Å²) in [5, 5.41) is 13.9. The van der Waals surface area contributed by atoms with Crippen LogP contribution in [0.4, 0.5) is 0 Å². The van der Waals surface area contributed by atoms with Gasteiger partial charge in [0.2, 0.25) is 10.0 Å². The van der Waals surface area contributed by atoms with Gasteiger partial charge in [0, 0.05) is 0 Å². The van der Waals surface area contributed by atoms with E-state index in [1.807, 2.05) is 6.92 Å². The molecular formula is C10H21NO3S. The maximum absolute atomic E-state index is 11.2. The van der Waals surface area contributed by atoms with Gasteiger partial charge in [-0.2, -0.15) is 0 Å². The Balaban J connectivity index is 4.58. The summed E-state index contributed by atoms with van der Waals surface area (Å²) >= 11 is 0. The lowest BCUT2D eigenvalue weighted by atomic mass is 9.94. The minimum atomic E-state index is -3.54. The summed E-state index contributed by atoms with van der Waals surface area (Å²) in [4.78, 5) is 0. The Morgan fingerprint density at radius 3 is 2.40 bits per heavy atom. The molecule has 0 spiro atoms. The zero-order valence-electron chi connectivity index (χ0n) is 9.39. The third kappa shape index (κ3) is 5.30. The lowest BCUT2D eigenvalue weighted by Crippen LogP contribution is -2.34. The molecule has 0 aliphatic carbocycles. The quantitative estimate of drug-likeness (QED) is 0.646. The second-order valence-electron chi connectivity index (χ2n) is 3.88. The second kappa shape index (κ2) is 6.25. The number of hydrogen-bond donors (Lipinski definition) is 2. The maximum atomic E-state index is 11.2. The van der Waals surface area contributed by atoms with E-state index in [0.717, 1.165) is 0 Å². The van der Waals surface area contributed by atoms with Crippen LogP contribution in [0.3, 0.4) is 0 Å². The van der Waals surface area contributed by atoms with Crippen molar-refractivity contribution in [2.75, 3.05) is 0 Å². The van der Waals surface area contributed by atoms with Crippen LogP contribution in [0.2, 0.25) is 0 Å². The van der Waals surface area contributed by atoms with Crippen molar-refractivity contribution in [3.8, 4) is 0 Å². The Morgan fingerprint density at radius 2 is 2.07 bits per heavy atom. The number of aliphatic hydroxyl groups excluding tert-OH is 1. The van der Waals surface area contributed by atoms with Gasteiger partial charge in [0.05, 0.1) is 11.4 Å². The van der Waals surface area contributed by atoms with Crippen LogP contribution < -0.4 is 5.14 Å². The fourth-order valence-electron chi connectivity index (χ4n) is 1.48. The molecule has 3 atom stereocenters. The summed E-state index contributed by atoms with van der Waals surface area (Å²) in [6.07, 6.45) is 2.80. The first-order chi connectivity index (χ1) is 6.82. The molecule has 0 aromatic rings. The average molecular weight is 235 g/mol. The molecule has 3 N–H and O–H groups in total. The third-order valence-corrected chi connectivity index (χ3v) is 4.12. The molecule has 0 fully saturated rings. The lowest BCUT2D eigenvalue weighted by Gasteiger charge is -2.23. The van der Waals surface area contributed by atoms with Crippen molar-refractivity contribution in [3.05, 3.63) is 12.7 Å². The molecule has 0 heterocycles. The summed E-state index contributed by atoms with van der Waals surface area (Å²) in [5.41, 5.74) is 0. The third-order valence-electron chi connectivity index (χ3n) is 2.70. The molecule has 0 unspecified atom stereocenters. The minimum Gasteiger partial charge on any atom is -0.393 e. The average Bonchev–Trinajstić information content (AvgIpc) is 2.14. The van der Waals surface area contributed by atoms with Gasteiger partial charge in [-0.05, 0) is 32.1 Å². The van der Waals surface area contributed by atoms with E-state index in [9.17, 15) is 13.5 Å². The highest BCUT2D eigenvalue weighted by atomic mass is 32.2. The Morgan fingerprint density at radius 1 is 1.53 bits per heavy atom. The molecule has 0 amide bonds. The van der Waals surface area contributed by atoms with E-state index < -0.39 is 21.4 Å². The molecule has 0 saturated carbocycles. The monoisotopic (exact) mass is 235 g/mol. The molecule has 4 nitrogen and oxygen atoms in total. The molecule has 0 aromatic heterocycles. The number of sulfonamides is 1. The number of aliphatic hydroxyl groups is 1. The molecule has 15 heavy (non-hydrogen) atoms. The van der Waals surface area contributed by atoms with Crippen LogP contribution in [0.5, 0.6) is 0 Å². The number of nitrogens with two attached hydrogens (primary N) is 1. The maximum Gasteiger partial charge on any atom is 0.211 e. The van der Waals surface area contributed by atoms with Gasteiger partial charge in [-0.25, -0.2) is 13.6 Å². The van der Waals surface area contributed by atoms with Crippen molar-refractivity contribution in [2.45, 2.75) is 44.5 Å². The molecule has 0 aliphatic rings. The topological polar surface area (TPSA) is 80.4 Å². The summed E-state index contributed by atoms with van der Waals surface area (Å²) in [6, 6.07) is 0. The van der Waals surface area contributed by atoms with E-state index in [1.54, 1.807) is 13.0 Å². The minimum absolute atomic E-state index is 0.160. The molecule has 5 heteroatoms. The van der Waals surface area contributed by atoms with Gasteiger partial charge in [-0.15, -0.1) is 6.58 Å². The standard InChI is InChI=1S/C10H21NO3S/c1-4-6-9(7-10(12)5-2)8(3)15(11,13)14/h4,8-10,12H,1,5-7H2,2-3H3,(H2,11,13,14)/t8-,9-,10-/m1/s1. The predicted octanol–water partition coefficient (Wildman–Crippen LogP) is 1.02. The summed E-state index contributed by atoms with van der Waals surface area (Å²) in [7, 11) is -3.54. The van der Waals surface area contributed by atoms with Gasteiger partial charge >= 0.3 is 0 Å². The van der Waals surface area contributed by atoms with Crippen molar-refractivity contribution in [3.63, 3.8) is 0 Å². The van der Waals surface area contributed by atoms with Crippen LogP contribution in [-0.4, -0.2) is 24.9 Å². The second-order valence-corrected chi connectivity index (χ2v) is 5.80. The fourth-order valence-corrected chi connectivity index (χ4v) is 2.24. The molecule has 0 aliphatic heterocycles. The highest BCUT2D eigenvalue weighted by molar-refractivity contribution is 7.89.